The molecule has 0 amide bonds. The summed E-state index contributed by atoms with van der Waals surface area (Å²) in [6, 6.07) is 10.6. The number of aryl methyl sites for hydroxylation is 2. The molecular weight excluding hydrogens is 382 g/mol. The number of fused-ring (bicyclic) bond motifs is 2. The van der Waals surface area contributed by atoms with Crippen LogP contribution in [0.1, 0.15) is 36.2 Å². The van der Waals surface area contributed by atoms with Gasteiger partial charge in [0.1, 0.15) is 0 Å². The Hall–Kier alpha value is -2.63. The molecule has 0 atom stereocenters. The van der Waals surface area contributed by atoms with E-state index >= 15 is 0 Å². The summed E-state index contributed by atoms with van der Waals surface area (Å²) in [4.78, 5) is 0. The highest BCUT2D eigenvalue weighted by molar-refractivity contribution is 6.35. The van der Waals surface area contributed by atoms with Crippen LogP contribution in [0.3, 0.4) is 0 Å². The van der Waals surface area contributed by atoms with Gasteiger partial charge < -0.3 is 5.32 Å². The summed E-state index contributed by atoms with van der Waals surface area (Å²) in [6.45, 7) is 6.20. The third-order valence-corrected chi connectivity index (χ3v) is 6.22. The van der Waals surface area contributed by atoms with E-state index in [0.29, 0.717) is 5.02 Å². The lowest BCUT2D eigenvalue weighted by atomic mass is 9.98. The average Bonchev–Trinajstić information content (AvgIpc) is 3.39. The van der Waals surface area contributed by atoms with Gasteiger partial charge in [0.2, 0.25) is 0 Å². The van der Waals surface area contributed by atoms with Crippen molar-refractivity contribution < 1.29 is 0 Å². The Kier molecular flexibility index (Phi) is 4.64. The average molecular weight is 406 g/mol. The number of aromatic amines is 1. The predicted molar refractivity (Wildman–Crippen MR) is 118 cm³/mol. The summed E-state index contributed by atoms with van der Waals surface area (Å²) < 4.78 is 2.19. The van der Waals surface area contributed by atoms with E-state index in [1.54, 1.807) is 0 Å². The number of benzene rings is 2. The van der Waals surface area contributed by atoms with Crippen molar-refractivity contribution in [1.82, 2.24) is 25.3 Å². The van der Waals surface area contributed by atoms with Crippen molar-refractivity contribution >= 4 is 22.5 Å². The lowest BCUT2D eigenvalue weighted by Gasteiger charge is -2.18. The molecule has 0 saturated carbocycles. The molecule has 0 spiro atoms. The van der Waals surface area contributed by atoms with Gasteiger partial charge in [-0.15, -0.1) is 0 Å². The summed E-state index contributed by atoms with van der Waals surface area (Å²) in [6.07, 6.45) is 4.73. The quantitative estimate of drug-likeness (QED) is 0.510. The number of aromatic nitrogens is 4. The van der Waals surface area contributed by atoms with Crippen molar-refractivity contribution in [3.05, 3.63) is 63.9 Å². The largest absolute Gasteiger partial charge is 0.312 e. The lowest BCUT2D eigenvalue weighted by molar-refractivity contribution is 0.635. The van der Waals surface area contributed by atoms with Gasteiger partial charge in [-0.25, -0.2) is 4.68 Å². The first kappa shape index (κ1) is 18.4. The number of hydrogen-bond acceptors (Lipinski definition) is 3. The van der Waals surface area contributed by atoms with E-state index in [4.69, 9.17) is 16.7 Å². The number of hydrogen-bond donors (Lipinski definition) is 2. The molecule has 2 aromatic heterocycles. The summed E-state index contributed by atoms with van der Waals surface area (Å²) >= 11 is 6.42. The van der Waals surface area contributed by atoms with E-state index in [0.717, 1.165) is 54.5 Å². The van der Waals surface area contributed by atoms with Gasteiger partial charge >= 0.3 is 0 Å². The first-order valence-corrected chi connectivity index (χ1v) is 10.6. The van der Waals surface area contributed by atoms with Crippen molar-refractivity contribution in [2.24, 2.45) is 0 Å². The molecule has 0 aliphatic carbocycles. The smallest absolute Gasteiger partial charge is 0.0843 e. The summed E-state index contributed by atoms with van der Waals surface area (Å²) in [5.41, 5.74) is 9.43. The second-order valence-corrected chi connectivity index (χ2v) is 7.91. The van der Waals surface area contributed by atoms with Crippen molar-refractivity contribution in [3.63, 3.8) is 0 Å². The van der Waals surface area contributed by atoms with Gasteiger partial charge in [0.15, 0.2) is 0 Å². The highest BCUT2D eigenvalue weighted by Gasteiger charge is 2.26. The third kappa shape index (κ3) is 2.88. The Balaban J connectivity index is 1.87. The molecule has 4 aromatic rings. The molecule has 0 fully saturated rings. The maximum Gasteiger partial charge on any atom is 0.0843 e. The van der Waals surface area contributed by atoms with Crippen molar-refractivity contribution in [1.29, 1.82) is 0 Å². The molecule has 0 saturated heterocycles. The molecule has 1 aliphatic heterocycles. The lowest BCUT2D eigenvalue weighted by Crippen LogP contribution is -2.23. The van der Waals surface area contributed by atoms with Crippen LogP contribution in [0, 0.1) is 0 Å². The van der Waals surface area contributed by atoms with Gasteiger partial charge in [-0.05, 0) is 30.0 Å². The number of H-pyrrole nitrogens is 1. The molecule has 0 radical (unpaired) electrons. The zero-order valence-electron chi connectivity index (χ0n) is 16.7. The van der Waals surface area contributed by atoms with Gasteiger partial charge in [0.25, 0.3) is 0 Å². The molecule has 5 rings (SSSR count). The van der Waals surface area contributed by atoms with Crippen LogP contribution >= 0.6 is 11.6 Å². The summed E-state index contributed by atoms with van der Waals surface area (Å²) in [5, 5.41) is 17.7. The molecule has 29 heavy (non-hydrogen) atoms. The molecule has 0 unspecified atom stereocenters. The number of nitrogens with one attached hydrogen (secondary N) is 2. The van der Waals surface area contributed by atoms with Gasteiger partial charge in [-0.2, -0.15) is 10.2 Å². The highest BCUT2D eigenvalue weighted by atomic mass is 35.5. The monoisotopic (exact) mass is 405 g/mol. The van der Waals surface area contributed by atoms with Crippen molar-refractivity contribution in [3.8, 4) is 16.9 Å². The minimum atomic E-state index is 0.683. The molecule has 6 heteroatoms. The SMILES string of the molecule is CCc1cccc(CC)c1-n1nc2c(c1-c1ccc(Cl)c3[nH]ncc13)CNCC2. The number of rotatable bonds is 4. The van der Waals surface area contributed by atoms with Crippen LogP contribution in [-0.2, 0) is 25.8 Å². The Morgan fingerprint density at radius 3 is 2.66 bits per heavy atom. The van der Waals surface area contributed by atoms with Crippen molar-refractivity contribution in [2.75, 3.05) is 6.54 Å². The Morgan fingerprint density at radius 1 is 1.10 bits per heavy atom. The molecular formula is C23H24ClN5. The van der Waals surface area contributed by atoms with Crippen LogP contribution in [0.5, 0.6) is 0 Å². The van der Waals surface area contributed by atoms with E-state index in [9.17, 15) is 0 Å². The Bertz CT molecular complexity index is 1180. The number of halogens is 1. The van der Waals surface area contributed by atoms with E-state index in [1.807, 2.05) is 12.3 Å². The molecule has 2 aromatic carbocycles. The number of para-hydroxylation sites is 1. The Morgan fingerprint density at radius 2 is 1.90 bits per heavy atom. The highest BCUT2D eigenvalue weighted by Crippen LogP contribution is 2.38. The van der Waals surface area contributed by atoms with E-state index < -0.39 is 0 Å². The maximum absolute atomic E-state index is 6.42. The molecule has 5 nitrogen and oxygen atoms in total. The molecule has 0 bridgehead atoms. The zero-order valence-corrected chi connectivity index (χ0v) is 17.5. The van der Waals surface area contributed by atoms with Gasteiger partial charge in [-0.3, -0.25) is 5.10 Å². The second-order valence-electron chi connectivity index (χ2n) is 7.50. The molecule has 1 aliphatic rings. The standard InChI is InChI=1S/C23H24ClN5/c1-3-14-6-5-7-15(4-2)22(14)29-23(18-12-25-11-10-20(18)28-29)16-8-9-19(24)21-17(16)13-26-27-21/h5-9,13,25H,3-4,10-12H2,1-2H3,(H,26,27). The van der Waals surface area contributed by atoms with E-state index in [1.165, 1.54) is 28.1 Å². The van der Waals surface area contributed by atoms with Crippen LogP contribution in [0.4, 0.5) is 0 Å². The fraction of sp³-hybridized carbons (Fsp3) is 0.304. The fourth-order valence-electron chi connectivity index (χ4n) is 4.44. The van der Waals surface area contributed by atoms with Crippen molar-refractivity contribution in [2.45, 2.75) is 39.7 Å². The van der Waals surface area contributed by atoms with E-state index in [2.05, 4.69) is 58.3 Å². The van der Waals surface area contributed by atoms with E-state index in [-0.39, 0.29) is 0 Å². The van der Waals surface area contributed by atoms with Crippen LogP contribution in [-0.4, -0.2) is 26.5 Å². The van der Waals surface area contributed by atoms with Gasteiger partial charge in [-0.1, -0.05) is 49.7 Å². The van der Waals surface area contributed by atoms with Gasteiger partial charge in [0.05, 0.1) is 33.8 Å². The first-order valence-electron chi connectivity index (χ1n) is 10.3. The first-order chi connectivity index (χ1) is 14.2. The molecule has 3 heterocycles. The second kappa shape index (κ2) is 7.32. The van der Waals surface area contributed by atoms with Crippen LogP contribution < -0.4 is 5.32 Å². The van der Waals surface area contributed by atoms with Crippen LogP contribution in [0.25, 0.3) is 27.8 Å². The molecule has 2 N–H and O–H groups in total. The molecule has 148 valence electrons. The fourth-order valence-corrected chi connectivity index (χ4v) is 4.64. The number of nitrogens with zero attached hydrogens (tertiary/aromatic N) is 3. The summed E-state index contributed by atoms with van der Waals surface area (Å²) in [5.74, 6) is 0. The Labute approximate surface area is 175 Å². The minimum Gasteiger partial charge on any atom is -0.312 e. The van der Waals surface area contributed by atoms with Crippen LogP contribution in [0.15, 0.2) is 36.5 Å². The predicted octanol–water partition coefficient (Wildman–Crippen LogP) is 4.84. The maximum atomic E-state index is 6.42. The summed E-state index contributed by atoms with van der Waals surface area (Å²) in [7, 11) is 0. The van der Waals surface area contributed by atoms with Gasteiger partial charge in [0, 0.05) is 36.0 Å². The topological polar surface area (TPSA) is 58.5 Å². The normalized spacial score (nSPS) is 13.8. The zero-order chi connectivity index (χ0) is 20.0. The van der Waals surface area contributed by atoms with Crippen LogP contribution in [0.2, 0.25) is 5.02 Å². The third-order valence-electron chi connectivity index (χ3n) is 5.90. The minimum absolute atomic E-state index is 0.683.